The predicted octanol–water partition coefficient (Wildman–Crippen LogP) is 2.01. The van der Waals surface area contributed by atoms with Gasteiger partial charge in [0, 0.05) is 11.2 Å². The third-order valence-electron chi connectivity index (χ3n) is 1.74. The molecule has 0 saturated heterocycles. The minimum Gasteiger partial charge on any atom is -0.479 e. The summed E-state index contributed by atoms with van der Waals surface area (Å²) in [5.74, 6) is 0.305. The molecular formula is C9H7ClN4OS. The maximum absolute atomic E-state index is 9.32. The molecule has 0 bridgehead atoms. The summed E-state index contributed by atoms with van der Waals surface area (Å²) in [7, 11) is 0. The van der Waals surface area contributed by atoms with E-state index in [-0.39, 0.29) is 6.01 Å². The highest BCUT2D eigenvalue weighted by Crippen LogP contribution is 2.20. The number of nitrogens with zero attached hydrogens (tertiary/aromatic N) is 4. The lowest BCUT2D eigenvalue weighted by molar-refractivity contribution is 0.421. The predicted molar refractivity (Wildman–Crippen MR) is 61.5 cm³/mol. The van der Waals surface area contributed by atoms with E-state index >= 15 is 0 Å². The van der Waals surface area contributed by atoms with Crippen LogP contribution >= 0.6 is 23.4 Å². The second-order valence-electron chi connectivity index (χ2n) is 2.81. The molecule has 0 aliphatic carbocycles. The number of pyridine rings is 1. The maximum atomic E-state index is 9.32. The molecule has 0 saturated carbocycles. The molecule has 16 heavy (non-hydrogen) atoms. The zero-order chi connectivity index (χ0) is 11.5. The standard InChI is InChI=1S/C9H7ClN4OS/c1-16-9-13-7(12-8(15)14-9)6-4-5(10)2-3-11-6/h2-4H,1H3,(H,12,13,14,15). The van der Waals surface area contributed by atoms with Gasteiger partial charge in [-0.2, -0.15) is 9.97 Å². The molecule has 2 rings (SSSR count). The Bertz CT molecular complexity index is 523. The van der Waals surface area contributed by atoms with Crippen molar-refractivity contribution in [3.63, 3.8) is 0 Å². The van der Waals surface area contributed by atoms with Crippen LogP contribution in [0.15, 0.2) is 23.5 Å². The molecule has 5 nitrogen and oxygen atoms in total. The summed E-state index contributed by atoms with van der Waals surface area (Å²) in [5.41, 5.74) is 0.500. The zero-order valence-electron chi connectivity index (χ0n) is 8.25. The fraction of sp³-hybridized carbons (Fsp3) is 0.111. The Balaban J connectivity index is 2.51. The lowest BCUT2D eigenvalue weighted by Crippen LogP contribution is -1.96. The van der Waals surface area contributed by atoms with E-state index in [4.69, 9.17) is 11.6 Å². The van der Waals surface area contributed by atoms with Gasteiger partial charge in [-0.25, -0.2) is 4.98 Å². The molecule has 7 heteroatoms. The van der Waals surface area contributed by atoms with Gasteiger partial charge in [-0.3, -0.25) is 4.98 Å². The molecule has 0 radical (unpaired) electrons. The van der Waals surface area contributed by atoms with Crippen molar-refractivity contribution in [2.45, 2.75) is 5.16 Å². The van der Waals surface area contributed by atoms with Gasteiger partial charge >= 0.3 is 6.01 Å². The molecule has 82 valence electrons. The van der Waals surface area contributed by atoms with Gasteiger partial charge in [0.1, 0.15) is 5.69 Å². The number of aromatic nitrogens is 4. The van der Waals surface area contributed by atoms with Crippen LogP contribution in [0.3, 0.4) is 0 Å². The molecule has 0 atom stereocenters. The molecule has 0 unspecified atom stereocenters. The molecule has 2 aromatic rings. The molecule has 0 fully saturated rings. The van der Waals surface area contributed by atoms with Gasteiger partial charge in [0.15, 0.2) is 11.0 Å². The average Bonchev–Trinajstić information content (AvgIpc) is 2.28. The summed E-state index contributed by atoms with van der Waals surface area (Å²) in [6, 6.07) is 2.96. The van der Waals surface area contributed by atoms with E-state index in [1.54, 1.807) is 18.3 Å². The highest BCUT2D eigenvalue weighted by atomic mass is 35.5. The van der Waals surface area contributed by atoms with Gasteiger partial charge < -0.3 is 5.11 Å². The highest BCUT2D eigenvalue weighted by molar-refractivity contribution is 7.98. The van der Waals surface area contributed by atoms with Crippen LogP contribution in [-0.4, -0.2) is 31.3 Å². The highest BCUT2D eigenvalue weighted by Gasteiger charge is 2.08. The van der Waals surface area contributed by atoms with Crippen LogP contribution in [0.25, 0.3) is 11.5 Å². The molecule has 0 amide bonds. The monoisotopic (exact) mass is 254 g/mol. The van der Waals surface area contributed by atoms with Crippen molar-refractivity contribution in [1.82, 2.24) is 19.9 Å². The van der Waals surface area contributed by atoms with Gasteiger partial charge in [0.05, 0.1) is 0 Å². The van der Waals surface area contributed by atoms with Crippen molar-refractivity contribution in [2.24, 2.45) is 0 Å². The van der Waals surface area contributed by atoms with Crippen molar-refractivity contribution in [3.8, 4) is 17.5 Å². The topological polar surface area (TPSA) is 71.8 Å². The van der Waals surface area contributed by atoms with Crippen molar-refractivity contribution in [2.75, 3.05) is 6.26 Å². The second-order valence-corrected chi connectivity index (χ2v) is 4.01. The summed E-state index contributed by atoms with van der Waals surface area (Å²) in [4.78, 5) is 15.7. The Kier molecular flexibility index (Phi) is 3.21. The van der Waals surface area contributed by atoms with Crippen molar-refractivity contribution >= 4 is 23.4 Å². The SMILES string of the molecule is CSc1nc(O)nc(-c2cc(Cl)ccn2)n1. The Morgan fingerprint density at radius 3 is 2.81 bits per heavy atom. The van der Waals surface area contributed by atoms with Crippen LogP contribution in [-0.2, 0) is 0 Å². The second kappa shape index (κ2) is 4.63. The first-order valence-electron chi connectivity index (χ1n) is 4.30. The van der Waals surface area contributed by atoms with Crippen LogP contribution in [0.1, 0.15) is 0 Å². The molecular weight excluding hydrogens is 248 g/mol. The maximum Gasteiger partial charge on any atom is 0.318 e. The van der Waals surface area contributed by atoms with Crippen LogP contribution in [0, 0.1) is 0 Å². The lowest BCUT2D eigenvalue weighted by Gasteiger charge is -2.01. The summed E-state index contributed by atoms with van der Waals surface area (Å²) < 4.78 is 0. The van der Waals surface area contributed by atoms with Crippen molar-refractivity contribution in [3.05, 3.63) is 23.4 Å². The van der Waals surface area contributed by atoms with Crippen LogP contribution in [0.2, 0.25) is 5.02 Å². The number of halogens is 1. The first kappa shape index (κ1) is 11.1. The zero-order valence-corrected chi connectivity index (χ0v) is 9.83. The fourth-order valence-corrected chi connectivity index (χ4v) is 1.59. The first-order chi connectivity index (χ1) is 7.69. The number of thioether (sulfide) groups is 1. The van der Waals surface area contributed by atoms with E-state index in [1.165, 1.54) is 11.8 Å². The number of aromatic hydroxyl groups is 1. The van der Waals surface area contributed by atoms with Crippen LogP contribution in [0.5, 0.6) is 6.01 Å². The first-order valence-corrected chi connectivity index (χ1v) is 5.90. The Hall–Kier alpha value is -1.40. The number of rotatable bonds is 2. The van der Waals surface area contributed by atoms with E-state index < -0.39 is 0 Å². The summed E-state index contributed by atoms with van der Waals surface area (Å²) >= 11 is 7.14. The minimum absolute atomic E-state index is 0.305. The van der Waals surface area contributed by atoms with Crippen molar-refractivity contribution < 1.29 is 5.11 Å². The quantitative estimate of drug-likeness (QED) is 0.827. The molecule has 2 heterocycles. The smallest absolute Gasteiger partial charge is 0.318 e. The van der Waals surface area contributed by atoms with Gasteiger partial charge in [-0.05, 0) is 18.4 Å². The van der Waals surface area contributed by atoms with E-state index in [2.05, 4.69) is 19.9 Å². The summed E-state index contributed by atoms with van der Waals surface area (Å²) in [6.45, 7) is 0. The molecule has 0 aliphatic heterocycles. The molecule has 0 spiro atoms. The fourth-order valence-electron chi connectivity index (χ4n) is 1.08. The molecule has 1 N–H and O–H groups in total. The third kappa shape index (κ3) is 2.40. The third-order valence-corrected chi connectivity index (χ3v) is 2.52. The van der Waals surface area contributed by atoms with Crippen LogP contribution in [0.4, 0.5) is 0 Å². The molecule has 2 aromatic heterocycles. The van der Waals surface area contributed by atoms with Gasteiger partial charge in [0.25, 0.3) is 0 Å². The number of hydrogen-bond donors (Lipinski definition) is 1. The average molecular weight is 255 g/mol. The lowest BCUT2D eigenvalue weighted by atomic mass is 10.3. The van der Waals surface area contributed by atoms with E-state index in [0.717, 1.165) is 0 Å². The normalized spacial score (nSPS) is 10.4. The van der Waals surface area contributed by atoms with Crippen LogP contribution < -0.4 is 0 Å². The summed E-state index contributed by atoms with van der Waals surface area (Å²) in [5, 5.41) is 10.3. The van der Waals surface area contributed by atoms with Gasteiger partial charge in [-0.15, -0.1) is 0 Å². The largest absolute Gasteiger partial charge is 0.479 e. The Labute approximate surface area is 101 Å². The van der Waals surface area contributed by atoms with Gasteiger partial charge in [0.2, 0.25) is 0 Å². The van der Waals surface area contributed by atoms with E-state index in [9.17, 15) is 5.11 Å². The number of hydrogen-bond acceptors (Lipinski definition) is 6. The van der Waals surface area contributed by atoms with E-state index in [0.29, 0.717) is 21.7 Å². The Morgan fingerprint density at radius 2 is 2.12 bits per heavy atom. The van der Waals surface area contributed by atoms with E-state index in [1.807, 2.05) is 6.26 Å². The minimum atomic E-state index is -0.323. The Morgan fingerprint density at radius 1 is 1.31 bits per heavy atom. The van der Waals surface area contributed by atoms with Crippen molar-refractivity contribution in [1.29, 1.82) is 0 Å². The van der Waals surface area contributed by atoms with Gasteiger partial charge in [-0.1, -0.05) is 23.4 Å². The molecule has 0 aliphatic rings. The summed E-state index contributed by atoms with van der Waals surface area (Å²) in [6.07, 6.45) is 3.36. The molecule has 0 aromatic carbocycles.